The number of methoxy groups -OCH3 is 1. The van der Waals surface area contributed by atoms with Crippen LogP contribution in [0.5, 0.6) is 5.75 Å². The lowest BCUT2D eigenvalue weighted by Gasteiger charge is -2.02. The molecule has 5 nitrogen and oxygen atoms in total. The zero-order chi connectivity index (χ0) is 11.4. The maximum Gasteiger partial charge on any atom is 0.513 e. The molecule has 0 aliphatic carbocycles. The number of carbonyl (C=O) groups excluding carboxylic acids is 1. The Morgan fingerprint density at radius 3 is 2.60 bits per heavy atom. The van der Waals surface area contributed by atoms with Gasteiger partial charge in [-0.05, 0) is 12.1 Å². The van der Waals surface area contributed by atoms with Crippen LogP contribution in [0.15, 0.2) is 16.9 Å². The first-order chi connectivity index (χ1) is 7.04. The van der Waals surface area contributed by atoms with Gasteiger partial charge in [0.2, 0.25) is 0 Å². The normalized spacial score (nSPS) is 10.1. The Morgan fingerprint density at radius 2 is 2.13 bits per heavy atom. The van der Waals surface area contributed by atoms with Gasteiger partial charge >= 0.3 is 6.16 Å². The van der Waals surface area contributed by atoms with Gasteiger partial charge < -0.3 is 14.5 Å². The van der Waals surface area contributed by atoms with Crippen molar-refractivity contribution < 1.29 is 23.0 Å². The Balaban J connectivity index is 2.94. The van der Waals surface area contributed by atoms with Crippen LogP contribution in [0.4, 0.5) is 13.6 Å². The molecule has 0 aromatic carbocycles. The number of H-pyrrole nitrogens is 1. The van der Waals surface area contributed by atoms with E-state index in [2.05, 4.69) is 9.47 Å². The van der Waals surface area contributed by atoms with Gasteiger partial charge in [-0.2, -0.15) is 0 Å². The number of halogens is 2. The molecule has 0 aliphatic heterocycles. The molecule has 1 aromatic rings. The Kier molecular flexibility index (Phi) is 3.37. The van der Waals surface area contributed by atoms with E-state index < -0.39 is 29.6 Å². The number of alkyl halides is 2. The van der Waals surface area contributed by atoms with Crippen molar-refractivity contribution in [1.29, 1.82) is 0 Å². The second-order valence-electron chi connectivity index (χ2n) is 2.46. The zero-order valence-corrected chi connectivity index (χ0v) is 7.62. The second-order valence-corrected chi connectivity index (χ2v) is 2.46. The maximum absolute atomic E-state index is 12.1. The molecule has 1 N–H and O–H groups in total. The lowest BCUT2D eigenvalue weighted by Crippen LogP contribution is -2.17. The van der Waals surface area contributed by atoms with Gasteiger partial charge in [0.25, 0.3) is 12.0 Å². The van der Waals surface area contributed by atoms with Crippen molar-refractivity contribution in [3.8, 4) is 5.75 Å². The molecule has 0 unspecified atom stereocenters. The number of rotatable bonds is 2. The van der Waals surface area contributed by atoms with Gasteiger partial charge in [-0.3, -0.25) is 4.79 Å². The molecule has 1 rings (SSSR count). The fourth-order valence-electron chi connectivity index (χ4n) is 0.815. The van der Waals surface area contributed by atoms with Crippen molar-refractivity contribution in [1.82, 2.24) is 4.98 Å². The summed E-state index contributed by atoms with van der Waals surface area (Å²) in [6.07, 6.45) is -3.88. The Labute approximate surface area is 82.6 Å². The summed E-state index contributed by atoms with van der Waals surface area (Å²) >= 11 is 0. The molecule has 0 bridgehead atoms. The van der Waals surface area contributed by atoms with Crippen molar-refractivity contribution in [2.75, 3.05) is 7.11 Å². The maximum atomic E-state index is 12.1. The van der Waals surface area contributed by atoms with Gasteiger partial charge in [-0.1, -0.05) is 0 Å². The predicted molar refractivity (Wildman–Crippen MR) is 45.1 cm³/mol. The van der Waals surface area contributed by atoms with Crippen molar-refractivity contribution in [3.05, 3.63) is 28.2 Å². The summed E-state index contributed by atoms with van der Waals surface area (Å²) in [7, 11) is 1.06. The van der Waals surface area contributed by atoms with E-state index in [0.29, 0.717) is 0 Å². The van der Waals surface area contributed by atoms with Gasteiger partial charge in [0, 0.05) is 0 Å². The van der Waals surface area contributed by atoms with E-state index in [9.17, 15) is 18.4 Å². The minimum Gasteiger partial charge on any atom is -0.437 e. The van der Waals surface area contributed by atoms with Crippen LogP contribution in [-0.4, -0.2) is 18.2 Å². The molecular formula is C8H7F2NO4. The molecule has 0 saturated carbocycles. The number of carbonyl (C=O) groups is 1. The number of aromatic nitrogens is 1. The Bertz CT molecular complexity index is 415. The second kappa shape index (κ2) is 4.54. The molecule has 0 amide bonds. The molecule has 15 heavy (non-hydrogen) atoms. The molecule has 0 fully saturated rings. The van der Waals surface area contributed by atoms with Crippen molar-refractivity contribution in [2.45, 2.75) is 6.43 Å². The molecule has 7 heteroatoms. The molecule has 0 spiro atoms. The smallest absolute Gasteiger partial charge is 0.437 e. The van der Waals surface area contributed by atoms with E-state index in [1.807, 2.05) is 4.98 Å². The van der Waals surface area contributed by atoms with Crippen LogP contribution in [-0.2, 0) is 4.74 Å². The van der Waals surface area contributed by atoms with Gasteiger partial charge in [0.05, 0.1) is 12.8 Å². The molecule has 1 heterocycles. The van der Waals surface area contributed by atoms with Crippen LogP contribution in [0.25, 0.3) is 0 Å². The quantitative estimate of drug-likeness (QED) is 0.764. The standard InChI is InChI=1S/C8H7F2NO4/c1-14-8(13)15-5-3-2-4(6(9)10)11-7(5)12/h2-3,6H,1H3,(H,11,12). The largest absolute Gasteiger partial charge is 0.513 e. The highest BCUT2D eigenvalue weighted by molar-refractivity contribution is 5.63. The van der Waals surface area contributed by atoms with Crippen LogP contribution in [0.3, 0.4) is 0 Å². The summed E-state index contributed by atoms with van der Waals surface area (Å²) in [6.45, 7) is 0. The van der Waals surface area contributed by atoms with Crippen LogP contribution in [0, 0.1) is 0 Å². The van der Waals surface area contributed by atoms with Gasteiger partial charge in [-0.15, -0.1) is 0 Å². The van der Waals surface area contributed by atoms with E-state index in [1.165, 1.54) is 0 Å². The number of hydrogen-bond donors (Lipinski definition) is 1. The summed E-state index contributed by atoms with van der Waals surface area (Å²) < 4.78 is 32.7. The van der Waals surface area contributed by atoms with E-state index >= 15 is 0 Å². The molecule has 0 aliphatic rings. The monoisotopic (exact) mass is 219 g/mol. The highest BCUT2D eigenvalue weighted by atomic mass is 19.3. The first kappa shape index (κ1) is 11.2. The molecule has 82 valence electrons. The third kappa shape index (κ3) is 2.76. The topological polar surface area (TPSA) is 68.4 Å². The Hall–Kier alpha value is -1.92. The summed E-state index contributed by atoms with van der Waals surface area (Å²) in [6, 6.07) is 1.92. The van der Waals surface area contributed by atoms with Gasteiger partial charge in [0.15, 0.2) is 5.75 Å². The van der Waals surface area contributed by atoms with E-state index in [1.54, 1.807) is 0 Å². The van der Waals surface area contributed by atoms with Crippen molar-refractivity contribution >= 4 is 6.16 Å². The molecule has 0 radical (unpaired) electrons. The fourth-order valence-corrected chi connectivity index (χ4v) is 0.815. The van der Waals surface area contributed by atoms with E-state index in [0.717, 1.165) is 19.2 Å². The molecular weight excluding hydrogens is 212 g/mol. The number of nitrogens with one attached hydrogen (secondary N) is 1. The average Bonchev–Trinajstić information content (AvgIpc) is 2.20. The lowest BCUT2D eigenvalue weighted by molar-refractivity contribution is 0.120. The number of hydrogen-bond acceptors (Lipinski definition) is 4. The zero-order valence-electron chi connectivity index (χ0n) is 7.62. The summed E-state index contributed by atoms with van der Waals surface area (Å²) in [4.78, 5) is 23.5. The van der Waals surface area contributed by atoms with Crippen molar-refractivity contribution in [2.24, 2.45) is 0 Å². The summed E-state index contributed by atoms with van der Waals surface area (Å²) in [5.41, 5.74) is -1.46. The Morgan fingerprint density at radius 1 is 1.47 bits per heavy atom. The van der Waals surface area contributed by atoms with Crippen LogP contribution in [0.2, 0.25) is 0 Å². The molecule has 1 aromatic heterocycles. The SMILES string of the molecule is COC(=O)Oc1ccc(C(F)F)[nH]c1=O. The first-order valence-corrected chi connectivity index (χ1v) is 3.81. The third-order valence-electron chi connectivity index (χ3n) is 1.49. The predicted octanol–water partition coefficient (Wildman–Crippen LogP) is 1.46. The van der Waals surface area contributed by atoms with Crippen molar-refractivity contribution in [3.63, 3.8) is 0 Å². The number of ether oxygens (including phenoxy) is 2. The van der Waals surface area contributed by atoms with Gasteiger partial charge in [-0.25, -0.2) is 13.6 Å². The van der Waals surface area contributed by atoms with Crippen LogP contribution in [0.1, 0.15) is 12.1 Å². The first-order valence-electron chi connectivity index (χ1n) is 3.81. The van der Waals surface area contributed by atoms with Crippen LogP contribution >= 0.6 is 0 Å². The number of pyridine rings is 1. The molecule has 0 atom stereocenters. The van der Waals surface area contributed by atoms with E-state index in [4.69, 9.17) is 0 Å². The van der Waals surface area contributed by atoms with Crippen LogP contribution < -0.4 is 10.3 Å². The average molecular weight is 219 g/mol. The summed E-state index contributed by atoms with van der Waals surface area (Å²) in [5.74, 6) is -0.397. The fraction of sp³-hybridized carbons (Fsp3) is 0.250. The number of aromatic amines is 1. The lowest BCUT2D eigenvalue weighted by atomic mass is 10.3. The highest BCUT2D eigenvalue weighted by Gasteiger charge is 2.12. The van der Waals surface area contributed by atoms with E-state index in [-0.39, 0.29) is 0 Å². The highest BCUT2D eigenvalue weighted by Crippen LogP contribution is 2.15. The summed E-state index contributed by atoms with van der Waals surface area (Å²) in [5, 5.41) is 0. The van der Waals surface area contributed by atoms with Gasteiger partial charge in [0.1, 0.15) is 0 Å². The molecule has 0 saturated heterocycles. The third-order valence-corrected chi connectivity index (χ3v) is 1.49. The minimum atomic E-state index is -2.79. The minimum absolute atomic E-state index is 0.397.